The van der Waals surface area contributed by atoms with E-state index in [0.717, 1.165) is 25.5 Å². The molecule has 0 radical (unpaired) electrons. The van der Waals surface area contributed by atoms with Gasteiger partial charge in [0.1, 0.15) is 0 Å². The van der Waals surface area contributed by atoms with Crippen LogP contribution in [0.2, 0.25) is 0 Å². The number of ether oxygens (including phenoxy) is 3. The van der Waals surface area contributed by atoms with E-state index >= 15 is 0 Å². The van der Waals surface area contributed by atoms with Crippen LogP contribution in [0.25, 0.3) is 0 Å². The number of methoxy groups -OCH3 is 1. The molecule has 1 atom stereocenters. The highest BCUT2D eigenvalue weighted by molar-refractivity contribution is 4.63. The van der Waals surface area contributed by atoms with Crippen molar-refractivity contribution in [2.75, 3.05) is 53.7 Å². The largest absolute Gasteiger partial charge is 0.382 e. The summed E-state index contributed by atoms with van der Waals surface area (Å²) in [5, 5.41) is 3.25. The Morgan fingerprint density at radius 2 is 1.56 bits per heavy atom. The third kappa shape index (κ3) is 12.3. The molecule has 0 aliphatic carbocycles. The van der Waals surface area contributed by atoms with E-state index in [1.165, 1.54) is 6.42 Å². The molecule has 0 aromatic carbocycles. The predicted octanol–water partition coefficient (Wildman–Crippen LogP) is 1.94. The summed E-state index contributed by atoms with van der Waals surface area (Å²) in [5.74, 6) is 1.46. The molecule has 4 nitrogen and oxygen atoms in total. The van der Waals surface area contributed by atoms with Crippen LogP contribution in [0.3, 0.4) is 0 Å². The minimum absolute atomic E-state index is 0.648. The molecule has 0 amide bonds. The number of hydrogen-bond acceptors (Lipinski definition) is 4. The van der Waals surface area contributed by atoms with Crippen LogP contribution in [0.5, 0.6) is 0 Å². The van der Waals surface area contributed by atoms with Crippen molar-refractivity contribution in [3.63, 3.8) is 0 Å². The Morgan fingerprint density at radius 1 is 0.944 bits per heavy atom. The zero-order chi connectivity index (χ0) is 13.6. The van der Waals surface area contributed by atoms with Crippen molar-refractivity contribution in [1.82, 2.24) is 5.32 Å². The highest BCUT2D eigenvalue weighted by Gasteiger charge is 2.09. The number of rotatable bonds is 13. The quantitative estimate of drug-likeness (QED) is 0.514. The molecule has 0 aliphatic heterocycles. The van der Waals surface area contributed by atoms with Crippen molar-refractivity contribution in [1.29, 1.82) is 0 Å². The first-order valence-corrected chi connectivity index (χ1v) is 6.99. The van der Waals surface area contributed by atoms with Gasteiger partial charge in [0, 0.05) is 13.7 Å². The molecule has 110 valence electrons. The van der Waals surface area contributed by atoms with Crippen LogP contribution < -0.4 is 5.32 Å². The van der Waals surface area contributed by atoms with Crippen molar-refractivity contribution in [2.24, 2.45) is 11.8 Å². The maximum absolute atomic E-state index is 5.58. The van der Waals surface area contributed by atoms with E-state index in [4.69, 9.17) is 14.2 Å². The molecule has 1 N–H and O–H groups in total. The minimum Gasteiger partial charge on any atom is -0.382 e. The van der Waals surface area contributed by atoms with Gasteiger partial charge in [-0.05, 0) is 38.3 Å². The maximum atomic E-state index is 5.58. The lowest BCUT2D eigenvalue weighted by atomic mass is 9.94. The van der Waals surface area contributed by atoms with Crippen molar-refractivity contribution < 1.29 is 14.2 Å². The van der Waals surface area contributed by atoms with Gasteiger partial charge in [0.25, 0.3) is 0 Å². The minimum atomic E-state index is 0.648. The Hall–Kier alpha value is -0.160. The molecule has 0 fully saturated rings. The van der Waals surface area contributed by atoms with E-state index in [1.807, 2.05) is 7.05 Å². The molecule has 4 heteroatoms. The van der Waals surface area contributed by atoms with Gasteiger partial charge in [-0.3, -0.25) is 0 Å². The summed E-state index contributed by atoms with van der Waals surface area (Å²) in [6.07, 6.45) is 2.38. The smallest absolute Gasteiger partial charge is 0.0701 e. The molecule has 0 rings (SSSR count). The van der Waals surface area contributed by atoms with Crippen molar-refractivity contribution in [2.45, 2.75) is 26.7 Å². The Balaban J connectivity index is 3.37. The molecule has 0 heterocycles. The fourth-order valence-corrected chi connectivity index (χ4v) is 1.97. The normalized spacial score (nSPS) is 13.2. The molecule has 0 aromatic heterocycles. The van der Waals surface area contributed by atoms with Gasteiger partial charge >= 0.3 is 0 Å². The lowest BCUT2D eigenvalue weighted by Gasteiger charge is -2.18. The number of nitrogens with one attached hydrogen (secondary N) is 1. The monoisotopic (exact) mass is 261 g/mol. The second-order valence-electron chi connectivity index (χ2n) is 5.06. The second-order valence-corrected chi connectivity index (χ2v) is 5.06. The van der Waals surface area contributed by atoms with Crippen LogP contribution in [-0.2, 0) is 14.2 Å². The molecule has 0 aromatic rings. The first kappa shape index (κ1) is 17.8. The van der Waals surface area contributed by atoms with Gasteiger partial charge in [-0.1, -0.05) is 13.8 Å². The van der Waals surface area contributed by atoms with Crippen LogP contribution in [0.4, 0.5) is 0 Å². The summed E-state index contributed by atoms with van der Waals surface area (Å²) < 4.78 is 15.8. The first-order valence-electron chi connectivity index (χ1n) is 6.99. The maximum Gasteiger partial charge on any atom is 0.0701 e. The zero-order valence-electron chi connectivity index (χ0n) is 12.5. The fourth-order valence-electron chi connectivity index (χ4n) is 1.97. The Morgan fingerprint density at radius 3 is 2.11 bits per heavy atom. The molecule has 0 saturated carbocycles. The highest BCUT2D eigenvalue weighted by Crippen LogP contribution is 2.14. The molecule has 1 unspecified atom stereocenters. The molecular weight excluding hydrogens is 230 g/mol. The van der Waals surface area contributed by atoms with Gasteiger partial charge in [0.05, 0.1) is 26.4 Å². The fraction of sp³-hybridized carbons (Fsp3) is 1.00. The van der Waals surface area contributed by atoms with Crippen molar-refractivity contribution in [3.05, 3.63) is 0 Å². The topological polar surface area (TPSA) is 39.7 Å². The molecule has 18 heavy (non-hydrogen) atoms. The first-order chi connectivity index (χ1) is 8.70. The number of hydrogen-bond donors (Lipinski definition) is 1. The Labute approximate surface area is 112 Å². The van der Waals surface area contributed by atoms with Gasteiger partial charge in [0.15, 0.2) is 0 Å². The van der Waals surface area contributed by atoms with Crippen molar-refractivity contribution in [3.8, 4) is 0 Å². The highest BCUT2D eigenvalue weighted by atomic mass is 16.5. The predicted molar refractivity (Wildman–Crippen MR) is 75.0 cm³/mol. The third-order valence-electron chi connectivity index (χ3n) is 2.77. The van der Waals surface area contributed by atoms with E-state index in [1.54, 1.807) is 7.11 Å². The van der Waals surface area contributed by atoms with Gasteiger partial charge in [-0.15, -0.1) is 0 Å². The van der Waals surface area contributed by atoms with Gasteiger partial charge in [0.2, 0.25) is 0 Å². The van der Waals surface area contributed by atoms with Gasteiger partial charge in [-0.25, -0.2) is 0 Å². The standard InChI is InChI=1S/C14H31NO3/c1-13(2)11-14(12-15-3)5-6-17-9-10-18-8-7-16-4/h13-15H,5-12H2,1-4H3. The van der Waals surface area contributed by atoms with E-state index < -0.39 is 0 Å². The Kier molecular flexibility index (Phi) is 13.2. The second kappa shape index (κ2) is 13.3. The summed E-state index contributed by atoms with van der Waals surface area (Å²) in [6.45, 7) is 9.08. The summed E-state index contributed by atoms with van der Waals surface area (Å²) in [6, 6.07) is 0. The average Bonchev–Trinajstić information content (AvgIpc) is 2.32. The lowest BCUT2D eigenvalue weighted by molar-refractivity contribution is 0.0214. The molecule has 0 aliphatic rings. The van der Waals surface area contributed by atoms with E-state index in [-0.39, 0.29) is 0 Å². The summed E-state index contributed by atoms with van der Waals surface area (Å²) in [5.41, 5.74) is 0. The summed E-state index contributed by atoms with van der Waals surface area (Å²) in [4.78, 5) is 0. The SMILES string of the molecule is CNCC(CCOCCOCCOC)CC(C)C. The summed E-state index contributed by atoms with van der Waals surface area (Å²) >= 11 is 0. The van der Waals surface area contributed by atoms with Gasteiger partial charge in [-0.2, -0.15) is 0 Å². The summed E-state index contributed by atoms with van der Waals surface area (Å²) in [7, 11) is 3.69. The zero-order valence-corrected chi connectivity index (χ0v) is 12.5. The van der Waals surface area contributed by atoms with Gasteiger partial charge < -0.3 is 19.5 Å². The van der Waals surface area contributed by atoms with E-state index in [2.05, 4.69) is 19.2 Å². The molecular formula is C14H31NO3. The van der Waals surface area contributed by atoms with Crippen LogP contribution in [0, 0.1) is 11.8 Å². The molecule has 0 bridgehead atoms. The third-order valence-corrected chi connectivity index (χ3v) is 2.77. The lowest BCUT2D eigenvalue weighted by Crippen LogP contribution is -2.22. The molecule has 0 saturated heterocycles. The van der Waals surface area contributed by atoms with E-state index in [0.29, 0.717) is 32.3 Å². The van der Waals surface area contributed by atoms with E-state index in [9.17, 15) is 0 Å². The van der Waals surface area contributed by atoms with Crippen molar-refractivity contribution >= 4 is 0 Å². The van der Waals surface area contributed by atoms with Crippen LogP contribution in [-0.4, -0.2) is 53.7 Å². The van der Waals surface area contributed by atoms with Crippen LogP contribution >= 0.6 is 0 Å². The van der Waals surface area contributed by atoms with Crippen LogP contribution in [0.1, 0.15) is 26.7 Å². The molecule has 0 spiro atoms. The van der Waals surface area contributed by atoms with Crippen LogP contribution in [0.15, 0.2) is 0 Å². The average molecular weight is 261 g/mol. The Bertz CT molecular complexity index is 165.